The molecule has 0 heterocycles. The van der Waals surface area contributed by atoms with Crippen molar-refractivity contribution in [2.45, 2.75) is 32.9 Å². The molecule has 0 fully saturated rings. The Bertz CT molecular complexity index is 1120. The number of carbonyl (C=O) groups excluding carboxylic acids is 2. The summed E-state index contributed by atoms with van der Waals surface area (Å²) in [6.07, 6.45) is 1.37. The van der Waals surface area contributed by atoms with E-state index in [9.17, 15) is 18.0 Å². The molecule has 2 rings (SSSR count). The van der Waals surface area contributed by atoms with Gasteiger partial charge < -0.3 is 19.7 Å². The Morgan fingerprint density at radius 3 is 2.29 bits per heavy atom. The third-order valence-electron chi connectivity index (χ3n) is 5.57. The number of benzene rings is 2. The molecule has 0 aliphatic rings. The highest BCUT2D eigenvalue weighted by Crippen LogP contribution is 2.34. The standard InChI is InChI=1S/C24H33N3O6S/c1-7-20(24(29)25-3)26(15-18-11-9-8-10-17(18)2)23(28)16-27(34(6,30)31)21-14-19(32-4)12-13-22(21)33-5/h8-14,20H,7,15-16H2,1-6H3,(H,25,29). The predicted octanol–water partition coefficient (Wildman–Crippen LogP) is 2.33. The SMILES string of the molecule is CCC(C(=O)NC)N(Cc1ccccc1C)C(=O)CN(c1cc(OC)ccc1OC)S(C)(=O)=O. The van der Waals surface area contributed by atoms with Crippen molar-refractivity contribution >= 4 is 27.5 Å². The minimum atomic E-state index is -3.89. The molecule has 1 atom stereocenters. The predicted molar refractivity (Wildman–Crippen MR) is 132 cm³/mol. The van der Waals surface area contributed by atoms with E-state index < -0.39 is 28.5 Å². The van der Waals surface area contributed by atoms with Gasteiger partial charge in [-0.25, -0.2) is 8.42 Å². The molecule has 10 heteroatoms. The van der Waals surface area contributed by atoms with Crippen molar-refractivity contribution in [1.29, 1.82) is 0 Å². The van der Waals surface area contributed by atoms with Crippen LogP contribution in [0.2, 0.25) is 0 Å². The fraction of sp³-hybridized carbons (Fsp3) is 0.417. The second kappa shape index (κ2) is 11.7. The summed E-state index contributed by atoms with van der Waals surface area (Å²) < 4.78 is 37.1. The number of amides is 2. The van der Waals surface area contributed by atoms with E-state index in [1.807, 2.05) is 31.2 Å². The van der Waals surface area contributed by atoms with Crippen LogP contribution in [0.1, 0.15) is 24.5 Å². The number of ether oxygens (including phenoxy) is 2. The normalized spacial score (nSPS) is 11.9. The third-order valence-corrected chi connectivity index (χ3v) is 6.69. The average Bonchev–Trinajstić information content (AvgIpc) is 2.81. The van der Waals surface area contributed by atoms with Gasteiger partial charge in [0.25, 0.3) is 0 Å². The van der Waals surface area contributed by atoms with Gasteiger partial charge in [-0.2, -0.15) is 0 Å². The number of hydrogen-bond donors (Lipinski definition) is 1. The molecule has 2 aromatic carbocycles. The summed E-state index contributed by atoms with van der Waals surface area (Å²) in [6, 6.07) is 11.5. The summed E-state index contributed by atoms with van der Waals surface area (Å²) in [7, 11) is 0.484. The summed E-state index contributed by atoms with van der Waals surface area (Å²) >= 11 is 0. The van der Waals surface area contributed by atoms with Crippen molar-refractivity contribution in [3.8, 4) is 11.5 Å². The Hall–Kier alpha value is -3.27. The quantitative estimate of drug-likeness (QED) is 0.517. The molecule has 0 saturated carbocycles. The van der Waals surface area contributed by atoms with Gasteiger partial charge in [0.05, 0.1) is 26.2 Å². The first-order chi connectivity index (χ1) is 16.1. The lowest BCUT2D eigenvalue weighted by Gasteiger charge is -2.33. The van der Waals surface area contributed by atoms with Crippen molar-refractivity contribution in [3.63, 3.8) is 0 Å². The van der Waals surface area contributed by atoms with Gasteiger partial charge in [0.15, 0.2) is 0 Å². The maximum absolute atomic E-state index is 13.6. The number of nitrogens with one attached hydrogen (secondary N) is 1. The maximum Gasteiger partial charge on any atom is 0.244 e. The Labute approximate surface area is 201 Å². The average molecular weight is 492 g/mol. The third kappa shape index (κ3) is 6.40. The van der Waals surface area contributed by atoms with E-state index in [0.717, 1.165) is 21.7 Å². The number of aryl methyl sites for hydroxylation is 1. The zero-order chi connectivity index (χ0) is 25.5. The number of likely N-dealkylation sites (N-methyl/N-ethyl adjacent to an activating group) is 1. The van der Waals surface area contributed by atoms with Gasteiger partial charge in [-0.05, 0) is 36.6 Å². The Balaban J connectivity index is 2.53. The van der Waals surface area contributed by atoms with Gasteiger partial charge in [0, 0.05) is 19.7 Å². The van der Waals surface area contributed by atoms with Crippen LogP contribution in [0.3, 0.4) is 0 Å². The molecule has 0 spiro atoms. The van der Waals surface area contributed by atoms with Crippen LogP contribution in [-0.4, -0.2) is 65.2 Å². The molecule has 2 aromatic rings. The molecule has 1 N–H and O–H groups in total. The van der Waals surface area contributed by atoms with E-state index in [1.165, 1.54) is 32.2 Å². The number of methoxy groups -OCH3 is 2. The van der Waals surface area contributed by atoms with Gasteiger partial charge in [0.1, 0.15) is 24.1 Å². The van der Waals surface area contributed by atoms with E-state index in [4.69, 9.17) is 9.47 Å². The Kier molecular flexibility index (Phi) is 9.31. The van der Waals surface area contributed by atoms with Gasteiger partial charge in [0.2, 0.25) is 21.8 Å². The molecule has 34 heavy (non-hydrogen) atoms. The Morgan fingerprint density at radius 2 is 1.76 bits per heavy atom. The van der Waals surface area contributed by atoms with Crippen LogP contribution in [0.15, 0.2) is 42.5 Å². The molecule has 2 amide bonds. The molecular formula is C24H33N3O6S. The number of nitrogens with zero attached hydrogens (tertiary/aromatic N) is 2. The summed E-state index contributed by atoms with van der Waals surface area (Å²) in [4.78, 5) is 27.7. The largest absolute Gasteiger partial charge is 0.497 e. The minimum absolute atomic E-state index is 0.157. The summed E-state index contributed by atoms with van der Waals surface area (Å²) in [5.41, 5.74) is 1.99. The maximum atomic E-state index is 13.6. The van der Waals surface area contributed by atoms with Crippen LogP contribution in [0.4, 0.5) is 5.69 Å². The Morgan fingerprint density at radius 1 is 1.09 bits per heavy atom. The first kappa shape index (κ1) is 27.0. The van der Waals surface area contributed by atoms with Gasteiger partial charge in [-0.3, -0.25) is 13.9 Å². The van der Waals surface area contributed by atoms with E-state index >= 15 is 0 Å². The van der Waals surface area contributed by atoms with Crippen molar-refractivity contribution in [2.75, 3.05) is 38.4 Å². The first-order valence-corrected chi connectivity index (χ1v) is 12.7. The van der Waals surface area contributed by atoms with E-state index in [2.05, 4.69) is 5.32 Å². The molecule has 0 bridgehead atoms. The highest BCUT2D eigenvalue weighted by atomic mass is 32.2. The molecule has 0 saturated heterocycles. The monoisotopic (exact) mass is 491 g/mol. The van der Waals surface area contributed by atoms with Crippen LogP contribution in [0.5, 0.6) is 11.5 Å². The van der Waals surface area contributed by atoms with Crippen molar-refractivity contribution < 1.29 is 27.5 Å². The summed E-state index contributed by atoms with van der Waals surface area (Å²) in [5.74, 6) is -0.170. The van der Waals surface area contributed by atoms with Crippen molar-refractivity contribution in [3.05, 3.63) is 53.6 Å². The van der Waals surface area contributed by atoms with Crippen LogP contribution in [0, 0.1) is 6.92 Å². The van der Waals surface area contributed by atoms with Crippen LogP contribution < -0.4 is 19.1 Å². The zero-order valence-electron chi connectivity index (χ0n) is 20.5. The molecule has 9 nitrogen and oxygen atoms in total. The molecule has 0 aromatic heterocycles. The number of hydrogen-bond acceptors (Lipinski definition) is 6. The second-order valence-electron chi connectivity index (χ2n) is 7.79. The number of anilines is 1. The molecule has 0 aliphatic carbocycles. The lowest BCUT2D eigenvalue weighted by Crippen LogP contribution is -2.51. The van der Waals surface area contributed by atoms with Crippen molar-refractivity contribution in [1.82, 2.24) is 10.2 Å². The fourth-order valence-electron chi connectivity index (χ4n) is 3.64. The smallest absolute Gasteiger partial charge is 0.244 e. The highest BCUT2D eigenvalue weighted by molar-refractivity contribution is 7.92. The topological polar surface area (TPSA) is 105 Å². The molecule has 186 valence electrons. The number of carbonyl (C=O) groups is 2. The van der Waals surface area contributed by atoms with Gasteiger partial charge in [-0.1, -0.05) is 31.2 Å². The molecule has 0 aliphatic heterocycles. The van der Waals surface area contributed by atoms with Crippen molar-refractivity contribution in [2.24, 2.45) is 0 Å². The zero-order valence-corrected chi connectivity index (χ0v) is 21.3. The minimum Gasteiger partial charge on any atom is -0.497 e. The van der Waals surface area contributed by atoms with Crippen LogP contribution in [-0.2, 0) is 26.2 Å². The number of rotatable bonds is 11. The fourth-order valence-corrected chi connectivity index (χ4v) is 4.49. The van der Waals surface area contributed by atoms with E-state index in [-0.39, 0.29) is 23.9 Å². The van der Waals surface area contributed by atoms with Gasteiger partial charge in [-0.15, -0.1) is 0 Å². The van der Waals surface area contributed by atoms with E-state index in [0.29, 0.717) is 12.2 Å². The first-order valence-electron chi connectivity index (χ1n) is 10.8. The summed E-state index contributed by atoms with van der Waals surface area (Å²) in [5, 5.41) is 2.60. The highest BCUT2D eigenvalue weighted by Gasteiger charge is 2.32. The molecular weight excluding hydrogens is 458 g/mol. The lowest BCUT2D eigenvalue weighted by atomic mass is 10.1. The summed E-state index contributed by atoms with van der Waals surface area (Å²) in [6.45, 7) is 3.37. The lowest BCUT2D eigenvalue weighted by molar-refractivity contribution is -0.140. The van der Waals surface area contributed by atoms with E-state index in [1.54, 1.807) is 19.1 Å². The number of sulfonamides is 1. The van der Waals surface area contributed by atoms with Gasteiger partial charge >= 0.3 is 0 Å². The molecule has 1 unspecified atom stereocenters. The van der Waals surface area contributed by atoms with Crippen LogP contribution >= 0.6 is 0 Å². The molecule has 0 radical (unpaired) electrons. The second-order valence-corrected chi connectivity index (χ2v) is 9.70. The van der Waals surface area contributed by atoms with Crippen LogP contribution in [0.25, 0.3) is 0 Å².